The lowest BCUT2D eigenvalue weighted by Crippen LogP contribution is -2.70. The van der Waals surface area contributed by atoms with Crippen LogP contribution in [0.2, 0.25) is 0 Å². The van der Waals surface area contributed by atoms with Gasteiger partial charge in [0.25, 0.3) is 0 Å². The number of nitrogens with zero attached hydrogens (tertiary/aromatic N) is 1. The van der Waals surface area contributed by atoms with E-state index in [9.17, 15) is 9.59 Å². The summed E-state index contributed by atoms with van der Waals surface area (Å²) in [5, 5.41) is 4.98. The average molecular weight is 306 g/mol. The van der Waals surface area contributed by atoms with Gasteiger partial charge in [0.2, 0.25) is 11.8 Å². The highest BCUT2D eigenvalue weighted by Gasteiger charge is 2.52. The molecule has 2 heterocycles. The molecule has 0 aromatic carbocycles. The van der Waals surface area contributed by atoms with Crippen LogP contribution in [-0.4, -0.2) is 28.3 Å². The molecule has 4 nitrogen and oxygen atoms in total. The molecule has 1 aromatic heterocycles. The molecule has 1 aromatic rings. The molecule has 2 fully saturated rings. The van der Waals surface area contributed by atoms with Crippen molar-refractivity contribution < 1.29 is 9.59 Å². The predicted molar refractivity (Wildman–Crippen MR) is 82.9 cm³/mol. The molecule has 5 heteroatoms. The van der Waals surface area contributed by atoms with Gasteiger partial charge < -0.3 is 10.2 Å². The molecule has 1 saturated carbocycles. The van der Waals surface area contributed by atoms with E-state index in [1.165, 1.54) is 0 Å². The van der Waals surface area contributed by atoms with Crippen LogP contribution in [0.5, 0.6) is 0 Å². The summed E-state index contributed by atoms with van der Waals surface area (Å²) in [6, 6.07) is 3.69. The average Bonchev–Trinajstić information content (AvgIpc) is 3.02. The number of hydrogen-bond donors (Lipinski definition) is 1. The van der Waals surface area contributed by atoms with E-state index in [4.69, 9.17) is 0 Å². The Balaban J connectivity index is 1.94. The minimum Gasteiger partial charge on any atom is -0.342 e. The molecule has 1 N–H and O–H groups in total. The Bertz CT molecular complexity index is 520. The van der Waals surface area contributed by atoms with Crippen molar-refractivity contribution in [3.05, 3.63) is 22.4 Å². The van der Waals surface area contributed by atoms with E-state index in [1.807, 2.05) is 29.3 Å². The van der Waals surface area contributed by atoms with Gasteiger partial charge in [0, 0.05) is 4.88 Å². The first-order valence-corrected chi connectivity index (χ1v) is 8.70. The largest absolute Gasteiger partial charge is 0.342 e. The van der Waals surface area contributed by atoms with Gasteiger partial charge in [-0.1, -0.05) is 32.3 Å². The highest BCUT2D eigenvalue weighted by Crippen LogP contribution is 2.38. The number of amides is 2. The van der Waals surface area contributed by atoms with Crippen molar-refractivity contribution in [2.24, 2.45) is 0 Å². The molecule has 0 radical (unpaired) electrons. The first kappa shape index (κ1) is 14.6. The van der Waals surface area contributed by atoms with Crippen molar-refractivity contribution >= 4 is 23.2 Å². The van der Waals surface area contributed by atoms with Crippen LogP contribution >= 0.6 is 11.3 Å². The fourth-order valence-electron chi connectivity index (χ4n) is 3.57. The lowest BCUT2D eigenvalue weighted by Gasteiger charge is -2.49. The highest BCUT2D eigenvalue weighted by molar-refractivity contribution is 7.09. The number of thiophene rings is 1. The van der Waals surface area contributed by atoms with Gasteiger partial charge in [0.1, 0.15) is 11.6 Å². The molecule has 1 aliphatic carbocycles. The maximum atomic E-state index is 12.8. The quantitative estimate of drug-likeness (QED) is 0.933. The van der Waals surface area contributed by atoms with Crippen LogP contribution in [0.1, 0.15) is 50.3 Å². The van der Waals surface area contributed by atoms with E-state index in [0.29, 0.717) is 13.0 Å². The summed E-state index contributed by atoms with van der Waals surface area (Å²) < 4.78 is 0. The molecule has 21 heavy (non-hydrogen) atoms. The summed E-state index contributed by atoms with van der Waals surface area (Å²) in [4.78, 5) is 28.6. The Hall–Kier alpha value is -1.36. The SMILES string of the molecule is CCC1NC(=O)C2(CCCCC2)N(Cc2cccs2)C1=O. The fourth-order valence-corrected chi connectivity index (χ4v) is 4.27. The number of carbonyl (C=O) groups is 2. The van der Waals surface area contributed by atoms with E-state index >= 15 is 0 Å². The van der Waals surface area contributed by atoms with Crippen molar-refractivity contribution in [1.82, 2.24) is 10.2 Å². The molecular weight excluding hydrogens is 284 g/mol. The summed E-state index contributed by atoms with van der Waals surface area (Å²) in [5.41, 5.74) is -0.606. The molecule has 1 atom stereocenters. The van der Waals surface area contributed by atoms with Gasteiger partial charge >= 0.3 is 0 Å². The zero-order chi connectivity index (χ0) is 14.9. The third-order valence-electron chi connectivity index (χ3n) is 4.79. The van der Waals surface area contributed by atoms with Gasteiger partial charge in [0.15, 0.2) is 0 Å². The molecule has 1 spiro atoms. The lowest BCUT2D eigenvalue weighted by molar-refractivity contribution is -0.161. The van der Waals surface area contributed by atoms with Crippen LogP contribution in [0.3, 0.4) is 0 Å². The topological polar surface area (TPSA) is 49.4 Å². The maximum Gasteiger partial charge on any atom is 0.246 e. The summed E-state index contributed by atoms with van der Waals surface area (Å²) in [5.74, 6) is 0.151. The number of rotatable bonds is 3. The first-order chi connectivity index (χ1) is 10.2. The minimum absolute atomic E-state index is 0.0604. The van der Waals surface area contributed by atoms with Crippen LogP contribution in [0, 0.1) is 0 Å². The van der Waals surface area contributed by atoms with Gasteiger partial charge in [0.05, 0.1) is 6.54 Å². The second-order valence-corrected chi connectivity index (χ2v) is 7.06. The molecular formula is C16H22N2O2S. The van der Waals surface area contributed by atoms with E-state index in [0.717, 1.165) is 37.0 Å². The molecule has 1 unspecified atom stereocenters. The number of hydrogen-bond acceptors (Lipinski definition) is 3. The van der Waals surface area contributed by atoms with Crippen LogP contribution in [-0.2, 0) is 16.1 Å². The van der Waals surface area contributed by atoms with Gasteiger partial charge in [-0.15, -0.1) is 11.3 Å². The van der Waals surface area contributed by atoms with Crippen LogP contribution in [0.25, 0.3) is 0 Å². The van der Waals surface area contributed by atoms with E-state index in [-0.39, 0.29) is 17.9 Å². The van der Waals surface area contributed by atoms with E-state index in [2.05, 4.69) is 5.32 Å². The molecule has 0 bridgehead atoms. The lowest BCUT2D eigenvalue weighted by atomic mass is 9.77. The highest BCUT2D eigenvalue weighted by atomic mass is 32.1. The predicted octanol–water partition coefficient (Wildman–Crippen LogP) is 2.69. The maximum absolute atomic E-state index is 12.8. The van der Waals surface area contributed by atoms with Crippen molar-refractivity contribution in [2.75, 3.05) is 0 Å². The third kappa shape index (κ3) is 2.48. The zero-order valence-corrected chi connectivity index (χ0v) is 13.2. The number of carbonyl (C=O) groups excluding carboxylic acids is 2. The van der Waals surface area contributed by atoms with Crippen LogP contribution in [0.15, 0.2) is 17.5 Å². The summed E-state index contributed by atoms with van der Waals surface area (Å²) >= 11 is 1.65. The van der Waals surface area contributed by atoms with Crippen molar-refractivity contribution in [3.63, 3.8) is 0 Å². The van der Waals surface area contributed by atoms with Gasteiger partial charge in [-0.05, 0) is 30.7 Å². The number of nitrogens with one attached hydrogen (secondary N) is 1. The van der Waals surface area contributed by atoms with Crippen LogP contribution in [0.4, 0.5) is 0 Å². The summed E-state index contributed by atoms with van der Waals surface area (Å²) in [6.45, 7) is 2.52. The van der Waals surface area contributed by atoms with E-state index < -0.39 is 5.54 Å². The number of piperazine rings is 1. The minimum atomic E-state index is -0.606. The normalized spacial score (nSPS) is 25.2. The first-order valence-electron chi connectivity index (χ1n) is 7.82. The molecule has 3 rings (SSSR count). The van der Waals surface area contributed by atoms with Gasteiger partial charge in [-0.25, -0.2) is 0 Å². The third-order valence-corrected chi connectivity index (χ3v) is 5.65. The standard InChI is InChI=1S/C16H22N2O2S/c1-2-13-14(19)18(11-12-7-6-10-21-12)16(15(20)17-13)8-4-3-5-9-16/h6-7,10,13H,2-5,8-9,11H2,1H3,(H,17,20). The van der Waals surface area contributed by atoms with Gasteiger partial charge in [-0.2, -0.15) is 0 Å². The molecule has 114 valence electrons. The molecule has 1 saturated heterocycles. The Morgan fingerprint density at radius 3 is 2.71 bits per heavy atom. The Labute approximate surface area is 129 Å². The van der Waals surface area contributed by atoms with Gasteiger partial charge in [-0.3, -0.25) is 9.59 Å². The monoisotopic (exact) mass is 306 g/mol. The second kappa shape index (κ2) is 5.79. The zero-order valence-electron chi connectivity index (χ0n) is 12.4. The summed E-state index contributed by atoms with van der Waals surface area (Å²) in [6.07, 6.45) is 5.46. The van der Waals surface area contributed by atoms with Crippen molar-refractivity contribution in [3.8, 4) is 0 Å². The van der Waals surface area contributed by atoms with Crippen molar-refractivity contribution in [1.29, 1.82) is 0 Å². The fraction of sp³-hybridized carbons (Fsp3) is 0.625. The Morgan fingerprint density at radius 1 is 1.33 bits per heavy atom. The van der Waals surface area contributed by atoms with Crippen molar-refractivity contribution in [2.45, 2.75) is 63.6 Å². The van der Waals surface area contributed by atoms with Crippen LogP contribution < -0.4 is 5.32 Å². The molecule has 2 aliphatic rings. The summed E-state index contributed by atoms with van der Waals surface area (Å²) in [7, 11) is 0. The molecule has 2 amide bonds. The Morgan fingerprint density at radius 2 is 2.10 bits per heavy atom. The molecule has 1 aliphatic heterocycles. The second-order valence-electron chi connectivity index (χ2n) is 6.03. The van der Waals surface area contributed by atoms with E-state index in [1.54, 1.807) is 11.3 Å². The Kier molecular flexibility index (Phi) is 4.02. The smallest absolute Gasteiger partial charge is 0.246 e.